The number of carbonyl (C=O) groups is 1. The van der Waals surface area contributed by atoms with Gasteiger partial charge in [0.05, 0.1) is 12.8 Å². The quantitative estimate of drug-likeness (QED) is 0.560. The van der Waals surface area contributed by atoms with Crippen molar-refractivity contribution < 1.29 is 13.2 Å². The molecular formula is C13H15ClN4O3S3. The van der Waals surface area contributed by atoms with Crippen LogP contribution < -0.4 is 5.32 Å². The lowest BCUT2D eigenvalue weighted by molar-refractivity contribution is -0.116. The lowest BCUT2D eigenvalue weighted by Crippen LogP contribution is -2.34. The molecule has 0 aliphatic heterocycles. The van der Waals surface area contributed by atoms with Crippen LogP contribution in [0, 0.1) is 0 Å². The van der Waals surface area contributed by atoms with Crippen LogP contribution >= 0.6 is 34.7 Å². The predicted octanol–water partition coefficient (Wildman–Crippen LogP) is 2.31. The average Bonchev–Trinajstić information content (AvgIpc) is 2.92. The number of thioether (sulfide) groups is 1. The third-order valence-corrected chi connectivity index (χ3v) is 6.55. The molecule has 24 heavy (non-hydrogen) atoms. The van der Waals surface area contributed by atoms with Crippen LogP contribution in [0.25, 0.3) is 0 Å². The Hall–Kier alpha value is -1.20. The van der Waals surface area contributed by atoms with Crippen molar-refractivity contribution in [1.29, 1.82) is 0 Å². The van der Waals surface area contributed by atoms with E-state index in [9.17, 15) is 13.2 Å². The van der Waals surface area contributed by atoms with Crippen molar-refractivity contribution in [3.05, 3.63) is 34.9 Å². The van der Waals surface area contributed by atoms with Gasteiger partial charge in [-0.2, -0.15) is 4.31 Å². The monoisotopic (exact) mass is 406 g/mol. The Labute approximate surface area is 153 Å². The van der Waals surface area contributed by atoms with E-state index in [0.717, 1.165) is 16.1 Å². The maximum Gasteiger partial charge on any atom is 0.241 e. The maximum absolute atomic E-state index is 11.8. The number of amides is 1. The SMILES string of the molecule is CN(CC(=O)Nc1nnc(SCc2ccccc2Cl)s1)S(C)(=O)=O. The molecule has 2 aromatic rings. The summed E-state index contributed by atoms with van der Waals surface area (Å²) in [5, 5.41) is 11.4. The Morgan fingerprint density at radius 1 is 1.38 bits per heavy atom. The summed E-state index contributed by atoms with van der Waals surface area (Å²) in [7, 11) is -2.07. The van der Waals surface area contributed by atoms with Crippen LogP contribution in [0.3, 0.4) is 0 Å². The molecular weight excluding hydrogens is 392 g/mol. The number of anilines is 1. The Bertz CT molecular complexity index is 825. The fourth-order valence-corrected chi connectivity index (χ4v) is 3.96. The van der Waals surface area contributed by atoms with Gasteiger partial charge in [0.25, 0.3) is 0 Å². The highest BCUT2D eigenvalue weighted by Gasteiger charge is 2.16. The number of hydrogen-bond acceptors (Lipinski definition) is 7. The normalized spacial score (nSPS) is 11.7. The first kappa shape index (κ1) is 19.1. The minimum Gasteiger partial charge on any atom is -0.299 e. The summed E-state index contributed by atoms with van der Waals surface area (Å²) < 4.78 is 24.2. The van der Waals surface area contributed by atoms with Gasteiger partial charge in [-0.3, -0.25) is 10.1 Å². The van der Waals surface area contributed by atoms with Crippen LogP contribution in [-0.2, 0) is 20.6 Å². The van der Waals surface area contributed by atoms with Gasteiger partial charge in [0.15, 0.2) is 4.34 Å². The first-order valence-electron chi connectivity index (χ1n) is 6.66. The highest BCUT2D eigenvalue weighted by molar-refractivity contribution is 8.00. The number of halogens is 1. The van der Waals surface area contributed by atoms with Gasteiger partial charge in [0.1, 0.15) is 0 Å². The van der Waals surface area contributed by atoms with E-state index in [-0.39, 0.29) is 6.54 Å². The number of sulfonamides is 1. The smallest absolute Gasteiger partial charge is 0.241 e. The molecule has 0 fully saturated rings. The lowest BCUT2D eigenvalue weighted by atomic mass is 10.2. The van der Waals surface area contributed by atoms with E-state index in [1.807, 2.05) is 24.3 Å². The molecule has 1 aromatic heterocycles. The minimum atomic E-state index is -3.41. The zero-order chi connectivity index (χ0) is 17.7. The van der Waals surface area contributed by atoms with Gasteiger partial charge < -0.3 is 0 Å². The molecule has 0 aliphatic carbocycles. The molecule has 0 saturated heterocycles. The molecule has 1 amide bonds. The summed E-state index contributed by atoms with van der Waals surface area (Å²) in [5.74, 6) is 0.167. The van der Waals surface area contributed by atoms with E-state index >= 15 is 0 Å². The molecule has 0 spiro atoms. The second-order valence-electron chi connectivity index (χ2n) is 4.82. The van der Waals surface area contributed by atoms with Gasteiger partial charge in [-0.1, -0.05) is 52.9 Å². The van der Waals surface area contributed by atoms with Crippen molar-refractivity contribution in [3.63, 3.8) is 0 Å². The van der Waals surface area contributed by atoms with Crippen molar-refractivity contribution >= 4 is 55.8 Å². The number of nitrogens with zero attached hydrogens (tertiary/aromatic N) is 3. The van der Waals surface area contributed by atoms with Crippen LogP contribution in [0.1, 0.15) is 5.56 Å². The van der Waals surface area contributed by atoms with Crippen LogP contribution in [0.5, 0.6) is 0 Å². The van der Waals surface area contributed by atoms with Crippen molar-refractivity contribution in [1.82, 2.24) is 14.5 Å². The summed E-state index contributed by atoms with van der Waals surface area (Å²) in [6, 6.07) is 7.52. The van der Waals surface area contributed by atoms with Crippen LogP contribution in [0.2, 0.25) is 5.02 Å². The summed E-state index contributed by atoms with van der Waals surface area (Å²) in [5.41, 5.74) is 0.986. The maximum atomic E-state index is 11.8. The van der Waals surface area contributed by atoms with Crippen molar-refractivity contribution in [2.75, 3.05) is 25.2 Å². The van der Waals surface area contributed by atoms with Gasteiger partial charge in [-0.05, 0) is 11.6 Å². The average molecular weight is 407 g/mol. The number of benzene rings is 1. The largest absolute Gasteiger partial charge is 0.299 e. The molecule has 0 radical (unpaired) electrons. The third-order valence-electron chi connectivity index (χ3n) is 2.89. The van der Waals surface area contributed by atoms with Gasteiger partial charge in [-0.25, -0.2) is 8.42 Å². The second kappa shape index (κ2) is 8.26. The molecule has 0 atom stereocenters. The fourth-order valence-electron chi connectivity index (χ4n) is 1.55. The zero-order valence-electron chi connectivity index (χ0n) is 12.9. The number of aromatic nitrogens is 2. The van der Waals surface area contributed by atoms with E-state index in [1.54, 1.807) is 0 Å². The van der Waals surface area contributed by atoms with E-state index in [4.69, 9.17) is 11.6 Å². The van der Waals surface area contributed by atoms with Crippen LogP contribution in [0.15, 0.2) is 28.6 Å². The van der Waals surface area contributed by atoms with Crippen molar-refractivity contribution in [2.24, 2.45) is 0 Å². The van der Waals surface area contributed by atoms with Gasteiger partial charge in [-0.15, -0.1) is 10.2 Å². The summed E-state index contributed by atoms with van der Waals surface area (Å²) in [6.07, 6.45) is 1.04. The van der Waals surface area contributed by atoms with E-state index < -0.39 is 15.9 Å². The summed E-state index contributed by atoms with van der Waals surface area (Å²) >= 11 is 8.77. The second-order valence-corrected chi connectivity index (χ2v) is 9.52. The summed E-state index contributed by atoms with van der Waals surface area (Å²) in [4.78, 5) is 11.8. The topological polar surface area (TPSA) is 92.3 Å². The van der Waals surface area contributed by atoms with Crippen molar-refractivity contribution in [2.45, 2.75) is 10.1 Å². The Kier molecular flexibility index (Phi) is 6.58. The molecule has 0 saturated carbocycles. The van der Waals surface area contributed by atoms with Gasteiger partial charge in [0.2, 0.25) is 21.1 Å². The fraction of sp³-hybridized carbons (Fsp3) is 0.308. The number of likely N-dealkylation sites (N-methyl/N-ethyl adjacent to an activating group) is 1. The first-order chi connectivity index (χ1) is 11.3. The van der Waals surface area contributed by atoms with E-state index in [2.05, 4.69) is 15.5 Å². The molecule has 130 valence electrons. The molecule has 1 aromatic carbocycles. The number of nitrogens with one attached hydrogen (secondary N) is 1. The molecule has 0 bridgehead atoms. The molecule has 1 N–H and O–H groups in total. The molecule has 7 nitrogen and oxygen atoms in total. The van der Waals surface area contributed by atoms with Crippen molar-refractivity contribution in [3.8, 4) is 0 Å². The van der Waals surface area contributed by atoms with Gasteiger partial charge >= 0.3 is 0 Å². The lowest BCUT2D eigenvalue weighted by Gasteiger charge is -2.12. The molecule has 0 unspecified atom stereocenters. The van der Waals surface area contributed by atoms with Crippen LogP contribution in [-0.4, -0.2) is 48.7 Å². The van der Waals surface area contributed by atoms with Crippen LogP contribution in [0.4, 0.5) is 5.13 Å². The summed E-state index contributed by atoms with van der Waals surface area (Å²) in [6.45, 7) is -0.277. The Morgan fingerprint density at radius 3 is 2.75 bits per heavy atom. The van der Waals surface area contributed by atoms with Gasteiger partial charge in [0, 0.05) is 17.8 Å². The predicted molar refractivity (Wildman–Crippen MR) is 97.0 cm³/mol. The molecule has 11 heteroatoms. The number of rotatable bonds is 7. The molecule has 0 aliphatic rings. The minimum absolute atomic E-state index is 0.277. The Morgan fingerprint density at radius 2 is 2.08 bits per heavy atom. The molecule has 1 heterocycles. The van der Waals surface area contributed by atoms with E-state index in [1.165, 1.54) is 30.1 Å². The third kappa shape index (κ3) is 5.71. The highest BCUT2D eigenvalue weighted by atomic mass is 35.5. The number of hydrogen-bond donors (Lipinski definition) is 1. The standard InChI is InChI=1S/C13H15ClN4O3S3/c1-18(24(2,20)21)7-11(19)15-12-16-17-13(23-12)22-8-9-5-3-4-6-10(9)14/h3-6H,7-8H2,1-2H3,(H,15,16,19). The highest BCUT2D eigenvalue weighted by Crippen LogP contribution is 2.30. The number of carbonyl (C=O) groups excluding carboxylic acids is 1. The van der Waals surface area contributed by atoms with E-state index in [0.29, 0.717) is 20.2 Å². The zero-order valence-corrected chi connectivity index (χ0v) is 16.1. The Balaban J connectivity index is 1.89. The first-order valence-corrected chi connectivity index (χ1v) is 10.7. The molecule has 2 rings (SSSR count).